The summed E-state index contributed by atoms with van der Waals surface area (Å²) >= 11 is 0. The maximum Gasteiger partial charge on any atom is 0.134 e. The van der Waals surface area contributed by atoms with Gasteiger partial charge in [-0.05, 0) is 75.6 Å². The van der Waals surface area contributed by atoms with Crippen molar-refractivity contribution < 1.29 is 8.78 Å². The first kappa shape index (κ1) is 19.3. The van der Waals surface area contributed by atoms with E-state index in [1.54, 1.807) is 25.1 Å². The largest absolute Gasteiger partial charge is 0.362 e. The highest BCUT2D eigenvalue weighted by molar-refractivity contribution is 5.89. The maximum atomic E-state index is 14.8. The van der Waals surface area contributed by atoms with Gasteiger partial charge in [0.2, 0.25) is 0 Å². The lowest BCUT2D eigenvalue weighted by molar-refractivity contribution is 0.546. The van der Waals surface area contributed by atoms with E-state index in [0.29, 0.717) is 16.8 Å². The van der Waals surface area contributed by atoms with Gasteiger partial charge in [-0.2, -0.15) is 0 Å². The quantitative estimate of drug-likeness (QED) is 0.567. The van der Waals surface area contributed by atoms with Crippen molar-refractivity contribution in [1.82, 2.24) is 0 Å². The Kier molecular flexibility index (Phi) is 5.18. The van der Waals surface area contributed by atoms with Crippen LogP contribution in [0.4, 0.5) is 20.2 Å². The summed E-state index contributed by atoms with van der Waals surface area (Å²) < 4.78 is 28.2. The Balaban J connectivity index is 2.02. The average molecular weight is 368 g/mol. The molecule has 2 aromatic rings. The normalized spacial score (nSPS) is 15.8. The van der Waals surface area contributed by atoms with Crippen LogP contribution in [0.15, 0.2) is 41.4 Å². The Morgan fingerprint density at radius 1 is 1.07 bits per heavy atom. The topological polar surface area (TPSA) is 15.6 Å². The molecule has 1 heterocycles. The van der Waals surface area contributed by atoms with Gasteiger partial charge >= 0.3 is 0 Å². The number of rotatable bonds is 4. The summed E-state index contributed by atoms with van der Waals surface area (Å²) in [5, 5.41) is 0. The molecule has 1 aliphatic heterocycles. The third kappa shape index (κ3) is 3.80. The summed E-state index contributed by atoms with van der Waals surface area (Å²) in [5.74, 6) is -0.573. The van der Waals surface area contributed by atoms with E-state index in [0.717, 1.165) is 29.8 Å². The SMILES string of the molecule is CCCN1c2cc(F)c(C=Nc3ccc(F)c(C)c3)cc2C(C)=CC1(C)C. The molecule has 2 nitrogen and oxygen atoms in total. The summed E-state index contributed by atoms with van der Waals surface area (Å²) in [6.07, 6.45) is 4.73. The van der Waals surface area contributed by atoms with Gasteiger partial charge in [0.05, 0.1) is 11.2 Å². The van der Waals surface area contributed by atoms with E-state index < -0.39 is 0 Å². The highest BCUT2D eigenvalue weighted by Crippen LogP contribution is 2.40. The second-order valence-electron chi connectivity index (χ2n) is 7.72. The maximum absolute atomic E-state index is 14.8. The Hall–Kier alpha value is -2.49. The van der Waals surface area contributed by atoms with Crippen LogP contribution < -0.4 is 4.90 Å². The smallest absolute Gasteiger partial charge is 0.134 e. The molecule has 0 saturated heterocycles. The summed E-state index contributed by atoms with van der Waals surface area (Å²) in [6.45, 7) is 11.0. The molecule has 0 N–H and O–H groups in total. The molecule has 1 aliphatic rings. The predicted molar refractivity (Wildman–Crippen MR) is 110 cm³/mol. The Labute approximate surface area is 160 Å². The Morgan fingerprint density at radius 2 is 1.81 bits per heavy atom. The van der Waals surface area contributed by atoms with Gasteiger partial charge in [0.1, 0.15) is 11.6 Å². The minimum absolute atomic E-state index is 0.152. The molecule has 27 heavy (non-hydrogen) atoms. The van der Waals surface area contributed by atoms with Crippen LogP contribution in [0, 0.1) is 18.6 Å². The van der Waals surface area contributed by atoms with Crippen LogP contribution in [0.3, 0.4) is 0 Å². The number of hydrogen-bond donors (Lipinski definition) is 0. The molecule has 142 valence electrons. The zero-order valence-corrected chi connectivity index (χ0v) is 16.6. The number of aryl methyl sites for hydroxylation is 1. The van der Waals surface area contributed by atoms with Crippen LogP contribution >= 0.6 is 0 Å². The molecule has 0 amide bonds. The molecule has 0 fully saturated rings. The molecule has 0 saturated carbocycles. The van der Waals surface area contributed by atoms with Crippen molar-refractivity contribution in [3.63, 3.8) is 0 Å². The molecule has 3 rings (SSSR count). The van der Waals surface area contributed by atoms with Crippen molar-refractivity contribution in [2.45, 2.75) is 46.6 Å². The van der Waals surface area contributed by atoms with Gasteiger partial charge in [0.25, 0.3) is 0 Å². The molecule has 0 unspecified atom stereocenters. The molecule has 0 atom stereocenters. The van der Waals surface area contributed by atoms with Crippen LogP contribution in [0.25, 0.3) is 5.57 Å². The number of benzene rings is 2. The number of nitrogens with zero attached hydrogens (tertiary/aromatic N) is 2. The summed E-state index contributed by atoms with van der Waals surface area (Å²) in [7, 11) is 0. The van der Waals surface area contributed by atoms with Gasteiger partial charge in [-0.1, -0.05) is 13.0 Å². The first-order valence-corrected chi connectivity index (χ1v) is 9.34. The first-order valence-electron chi connectivity index (χ1n) is 9.34. The van der Waals surface area contributed by atoms with Crippen LogP contribution in [0.1, 0.15) is 50.8 Å². The monoisotopic (exact) mass is 368 g/mol. The van der Waals surface area contributed by atoms with E-state index in [1.807, 2.05) is 6.07 Å². The molecule has 4 heteroatoms. The van der Waals surface area contributed by atoms with E-state index >= 15 is 0 Å². The average Bonchev–Trinajstić information content (AvgIpc) is 2.59. The van der Waals surface area contributed by atoms with Crippen molar-refractivity contribution >= 4 is 23.2 Å². The van der Waals surface area contributed by atoms with E-state index in [4.69, 9.17) is 0 Å². The summed E-state index contributed by atoms with van der Waals surface area (Å²) in [6, 6.07) is 8.09. The predicted octanol–water partition coefficient (Wildman–Crippen LogP) is 6.44. The Bertz CT molecular complexity index is 926. The van der Waals surface area contributed by atoms with Crippen LogP contribution in [0.5, 0.6) is 0 Å². The van der Waals surface area contributed by atoms with Crippen molar-refractivity contribution in [1.29, 1.82) is 0 Å². The van der Waals surface area contributed by atoms with E-state index in [-0.39, 0.29) is 17.2 Å². The number of allylic oxidation sites excluding steroid dienone is 1. The molecule has 0 aliphatic carbocycles. The molecular weight excluding hydrogens is 342 g/mol. The fourth-order valence-electron chi connectivity index (χ4n) is 3.70. The van der Waals surface area contributed by atoms with E-state index in [2.05, 4.69) is 43.7 Å². The fraction of sp³-hybridized carbons (Fsp3) is 0.348. The lowest BCUT2D eigenvalue weighted by Gasteiger charge is -2.43. The minimum atomic E-state index is -0.303. The Morgan fingerprint density at radius 3 is 2.48 bits per heavy atom. The highest BCUT2D eigenvalue weighted by atomic mass is 19.1. The zero-order valence-electron chi connectivity index (χ0n) is 16.6. The molecule has 2 aromatic carbocycles. The third-order valence-electron chi connectivity index (χ3n) is 5.04. The molecule has 0 spiro atoms. The van der Waals surface area contributed by atoms with Gasteiger partial charge in [0, 0.05) is 29.6 Å². The molecule has 0 radical (unpaired) electrons. The molecular formula is C23H26F2N2. The summed E-state index contributed by atoms with van der Waals surface area (Å²) in [5.41, 5.74) is 4.49. The molecule has 0 bridgehead atoms. The first-order chi connectivity index (χ1) is 12.7. The van der Waals surface area contributed by atoms with E-state index in [1.165, 1.54) is 12.3 Å². The summed E-state index contributed by atoms with van der Waals surface area (Å²) in [4.78, 5) is 6.59. The van der Waals surface area contributed by atoms with Crippen LogP contribution in [-0.4, -0.2) is 18.3 Å². The third-order valence-corrected chi connectivity index (χ3v) is 5.04. The fourth-order valence-corrected chi connectivity index (χ4v) is 3.70. The number of anilines is 1. The van der Waals surface area contributed by atoms with Crippen molar-refractivity contribution in [2.24, 2.45) is 4.99 Å². The number of aliphatic imine (C=N–C) groups is 1. The zero-order chi connectivity index (χ0) is 19.8. The second-order valence-corrected chi connectivity index (χ2v) is 7.72. The van der Waals surface area contributed by atoms with Crippen LogP contribution in [0.2, 0.25) is 0 Å². The van der Waals surface area contributed by atoms with Gasteiger partial charge in [-0.3, -0.25) is 4.99 Å². The van der Waals surface area contributed by atoms with Gasteiger partial charge in [0.15, 0.2) is 0 Å². The molecule has 0 aromatic heterocycles. The second kappa shape index (κ2) is 7.26. The number of hydrogen-bond acceptors (Lipinski definition) is 2. The van der Waals surface area contributed by atoms with Crippen LogP contribution in [-0.2, 0) is 0 Å². The number of halogens is 2. The highest BCUT2D eigenvalue weighted by Gasteiger charge is 2.31. The van der Waals surface area contributed by atoms with Gasteiger partial charge in [-0.25, -0.2) is 8.78 Å². The lowest BCUT2D eigenvalue weighted by Crippen LogP contribution is -2.45. The van der Waals surface area contributed by atoms with Crippen molar-refractivity contribution in [3.05, 3.63) is 64.7 Å². The van der Waals surface area contributed by atoms with Crippen molar-refractivity contribution in [2.75, 3.05) is 11.4 Å². The standard InChI is InChI=1S/C23H26F2N2/c1-6-9-27-22-12-21(25)17(11-19(22)16(3)13-23(27,4)5)14-26-18-7-8-20(24)15(2)10-18/h7-8,10-14H,6,9H2,1-5H3. The van der Waals surface area contributed by atoms with E-state index in [9.17, 15) is 8.78 Å². The van der Waals surface area contributed by atoms with Crippen molar-refractivity contribution in [3.8, 4) is 0 Å². The minimum Gasteiger partial charge on any atom is -0.362 e. The number of fused-ring (bicyclic) bond motifs is 1. The van der Waals surface area contributed by atoms with Gasteiger partial charge < -0.3 is 4.90 Å². The lowest BCUT2D eigenvalue weighted by atomic mass is 9.87. The van der Waals surface area contributed by atoms with Gasteiger partial charge in [-0.15, -0.1) is 0 Å².